The van der Waals surface area contributed by atoms with Crippen molar-refractivity contribution in [3.63, 3.8) is 0 Å². The molecule has 20 heavy (non-hydrogen) atoms. The lowest BCUT2D eigenvalue weighted by Gasteiger charge is -2.36. The summed E-state index contributed by atoms with van der Waals surface area (Å²) in [5.74, 6) is -0.805. The molecule has 0 fully saturated rings. The highest BCUT2D eigenvalue weighted by Crippen LogP contribution is 2.24. The molecule has 0 bridgehead atoms. The Morgan fingerprint density at radius 3 is 2.20 bits per heavy atom. The van der Waals surface area contributed by atoms with Gasteiger partial charge in [-0.2, -0.15) is 5.06 Å². The zero-order valence-corrected chi connectivity index (χ0v) is 12.5. The number of nitrogens with zero attached hydrogens (tertiary/aromatic N) is 1. The summed E-state index contributed by atoms with van der Waals surface area (Å²) in [5.41, 5.74) is 0.852. The van der Waals surface area contributed by atoms with Crippen LogP contribution >= 0.6 is 0 Å². The van der Waals surface area contributed by atoms with E-state index in [2.05, 4.69) is 6.58 Å². The van der Waals surface area contributed by atoms with Gasteiger partial charge in [-0.15, -0.1) is 0 Å². The average molecular weight is 275 g/mol. The fourth-order valence-corrected chi connectivity index (χ4v) is 1.62. The van der Waals surface area contributed by atoms with Gasteiger partial charge < -0.3 is 4.84 Å². The minimum Gasteiger partial charge on any atom is -0.338 e. The van der Waals surface area contributed by atoms with Crippen LogP contribution in [0.3, 0.4) is 0 Å². The van der Waals surface area contributed by atoms with E-state index in [0.29, 0.717) is 0 Å². The smallest absolute Gasteiger partial charge is 0.329 e. The molecule has 0 atom stereocenters. The van der Waals surface area contributed by atoms with Crippen LogP contribution in [0.25, 0.3) is 0 Å². The first-order valence-electron chi connectivity index (χ1n) is 6.46. The second-order valence-corrected chi connectivity index (χ2v) is 5.27. The lowest BCUT2D eigenvalue weighted by molar-refractivity contribution is -0.212. The second kappa shape index (κ2) is 6.37. The third-order valence-electron chi connectivity index (χ3n) is 3.20. The summed E-state index contributed by atoms with van der Waals surface area (Å²) in [6.07, 6.45) is 0.171. The zero-order valence-electron chi connectivity index (χ0n) is 12.5. The Balaban J connectivity index is 2.96. The SMILES string of the molecule is C=C(C)C(C)(C)N(OC(C)=O)C(=O)Cc1ccccc1. The van der Waals surface area contributed by atoms with Crippen molar-refractivity contribution in [3.8, 4) is 0 Å². The molecule has 0 aromatic heterocycles. The summed E-state index contributed by atoms with van der Waals surface area (Å²) in [6, 6.07) is 9.33. The standard InChI is InChI=1S/C16H21NO3/c1-12(2)16(4,5)17(20-13(3)18)15(19)11-14-9-7-6-8-10-14/h6-10H,1,11H2,2-5H3. The molecule has 0 saturated carbocycles. The van der Waals surface area contributed by atoms with Gasteiger partial charge in [0.05, 0.1) is 12.0 Å². The molecule has 1 amide bonds. The van der Waals surface area contributed by atoms with Gasteiger partial charge in [-0.25, -0.2) is 0 Å². The van der Waals surface area contributed by atoms with E-state index in [1.807, 2.05) is 30.3 Å². The van der Waals surface area contributed by atoms with Gasteiger partial charge in [-0.1, -0.05) is 42.5 Å². The van der Waals surface area contributed by atoms with Crippen LogP contribution in [0.15, 0.2) is 42.5 Å². The number of rotatable bonds is 4. The first kappa shape index (κ1) is 16.0. The molecule has 0 aliphatic carbocycles. The molecule has 4 nitrogen and oxygen atoms in total. The molecule has 1 aromatic carbocycles. The van der Waals surface area contributed by atoms with Crippen LogP contribution in [-0.2, 0) is 20.8 Å². The molecular formula is C16H21NO3. The number of hydroxylamine groups is 2. The van der Waals surface area contributed by atoms with E-state index >= 15 is 0 Å². The van der Waals surface area contributed by atoms with Crippen LogP contribution in [0.5, 0.6) is 0 Å². The van der Waals surface area contributed by atoms with E-state index in [-0.39, 0.29) is 12.3 Å². The topological polar surface area (TPSA) is 46.6 Å². The molecule has 0 aliphatic heterocycles. The van der Waals surface area contributed by atoms with Gasteiger partial charge in [0.25, 0.3) is 5.91 Å². The monoisotopic (exact) mass is 275 g/mol. The maximum atomic E-state index is 12.4. The van der Waals surface area contributed by atoms with Crippen LogP contribution in [0, 0.1) is 0 Å². The fourth-order valence-electron chi connectivity index (χ4n) is 1.62. The van der Waals surface area contributed by atoms with Gasteiger partial charge >= 0.3 is 5.97 Å². The predicted molar refractivity (Wildman–Crippen MR) is 77.7 cm³/mol. The molecule has 0 radical (unpaired) electrons. The first-order chi connectivity index (χ1) is 9.25. The van der Waals surface area contributed by atoms with Gasteiger partial charge in [0.1, 0.15) is 0 Å². The molecule has 108 valence electrons. The number of amides is 1. The summed E-state index contributed by atoms with van der Waals surface area (Å²) < 4.78 is 0. The van der Waals surface area contributed by atoms with E-state index in [1.165, 1.54) is 6.92 Å². The minimum atomic E-state index is -0.752. The Morgan fingerprint density at radius 1 is 1.20 bits per heavy atom. The van der Waals surface area contributed by atoms with Crippen LogP contribution in [-0.4, -0.2) is 22.5 Å². The molecule has 0 saturated heterocycles. The Morgan fingerprint density at radius 2 is 1.75 bits per heavy atom. The van der Waals surface area contributed by atoms with Gasteiger partial charge in [-0.3, -0.25) is 9.59 Å². The molecule has 1 aromatic rings. The van der Waals surface area contributed by atoms with Crippen molar-refractivity contribution in [3.05, 3.63) is 48.0 Å². The fraction of sp³-hybridized carbons (Fsp3) is 0.375. The van der Waals surface area contributed by atoms with E-state index in [1.54, 1.807) is 20.8 Å². The predicted octanol–water partition coefficient (Wildman–Crippen LogP) is 2.89. The molecule has 0 heterocycles. The second-order valence-electron chi connectivity index (χ2n) is 5.27. The highest BCUT2D eigenvalue weighted by molar-refractivity contribution is 5.80. The summed E-state index contributed by atoms with van der Waals surface area (Å²) in [7, 11) is 0. The Kier molecular flexibility index (Phi) is 5.08. The number of hydrogen-bond acceptors (Lipinski definition) is 3. The van der Waals surface area contributed by atoms with E-state index in [9.17, 15) is 9.59 Å². The molecule has 4 heteroatoms. The summed E-state index contributed by atoms with van der Waals surface area (Å²) >= 11 is 0. The maximum Gasteiger partial charge on any atom is 0.329 e. The Labute approximate surface area is 120 Å². The largest absolute Gasteiger partial charge is 0.338 e. The zero-order chi connectivity index (χ0) is 15.3. The van der Waals surface area contributed by atoms with Crippen molar-refractivity contribution < 1.29 is 14.4 Å². The molecule has 0 aliphatic rings. The molecular weight excluding hydrogens is 254 g/mol. The van der Waals surface area contributed by atoms with Crippen molar-refractivity contribution >= 4 is 11.9 Å². The normalized spacial score (nSPS) is 10.8. The molecule has 0 spiro atoms. The maximum absolute atomic E-state index is 12.4. The van der Waals surface area contributed by atoms with Crippen molar-refractivity contribution in [2.75, 3.05) is 0 Å². The third kappa shape index (κ3) is 3.95. The van der Waals surface area contributed by atoms with E-state index in [0.717, 1.165) is 16.2 Å². The van der Waals surface area contributed by atoms with Crippen molar-refractivity contribution in [2.45, 2.75) is 39.7 Å². The third-order valence-corrected chi connectivity index (χ3v) is 3.20. The number of carbonyl (C=O) groups excluding carboxylic acids is 2. The van der Waals surface area contributed by atoms with Crippen LogP contribution in [0.2, 0.25) is 0 Å². The van der Waals surface area contributed by atoms with E-state index < -0.39 is 11.5 Å². The van der Waals surface area contributed by atoms with Crippen LogP contribution < -0.4 is 0 Å². The summed E-state index contributed by atoms with van der Waals surface area (Å²) in [4.78, 5) is 28.7. The van der Waals surface area contributed by atoms with Crippen LogP contribution in [0.4, 0.5) is 0 Å². The van der Waals surface area contributed by atoms with Gasteiger partial charge in [0.2, 0.25) is 0 Å². The Hall–Kier alpha value is -2.10. The highest BCUT2D eigenvalue weighted by Gasteiger charge is 2.34. The lowest BCUT2D eigenvalue weighted by atomic mass is 9.95. The summed E-state index contributed by atoms with van der Waals surface area (Å²) in [5, 5.41) is 1.12. The van der Waals surface area contributed by atoms with Gasteiger partial charge in [0.15, 0.2) is 0 Å². The highest BCUT2D eigenvalue weighted by atomic mass is 16.7. The summed E-state index contributed by atoms with van der Waals surface area (Å²) in [6.45, 7) is 10.5. The minimum absolute atomic E-state index is 0.171. The van der Waals surface area contributed by atoms with Crippen LogP contribution in [0.1, 0.15) is 33.3 Å². The lowest BCUT2D eigenvalue weighted by Crippen LogP contribution is -2.49. The van der Waals surface area contributed by atoms with Gasteiger partial charge in [0, 0.05) is 6.92 Å². The average Bonchev–Trinajstić information content (AvgIpc) is 2.36. The molecule has 1 rings (SSSR count). The van der Waals surface area contributed by atoms with Crippen molar-refractivity contribution in [2.24, 2.45) is 0 Å². The Bertz CT molecular complexity index is 506. The quantitative estimate of drug-likeness (QED) is 0.627. The van der Waals surface area contributed by atoms with Crippen molar-refractivity contribution in [1.82, 2.24) is 5.06 Å². The van der Waals surface area contributed by atoms with E-state index in [4.69, 9.17) is 4.84 Å². The van der Waals surface area contributed by atoms with Crippen molar-refractivity contribution in [1.29, 1.82) is 0 Å². The number of benzene rings is 1. The first-order valence-corrected chi connectivity index (χ1v) is 6.46. The molecule has 0 unspecified atom stereocenters. The number of carbonyl (C=O) groups is 2. The van der Waals surface area contributed by atoms with Gasteiger partial charge in [-0.05, 0) is 26.3 Å². The number of hydrogen-bond donors (Lipinski definition) is 0. The molecule has 0 N–H and O–H groups in total.